The predicted molar refractivity (Wildman–Crippen MR) is 80.0 cm³/mol. The second-order valence-electron chi connectivity index (χ2n) is 6.47. The SMILES string of the molecule is CC1CC1N1CC(NC(=O)C2(N)CCOCC2)CC1=O.Cl. The van der Waals surface area contributed by atoms with E-state index in [0.717, 1.165) is 6.42 Å². The summed E-state index contributed by atoms with van der Waals surface area (Å²) in [5.74, 6) is 0.622. The van der Waals surface area contributed by atoms with Gasteiger partial charge in [0.15, 0.2) is 0 Å². The highest BCUT2D eigenvalue weighted by atomic mass is 35.5. The molecule has 3 rings (SSSR count). The molecule has 1 saturated carbocycles. The lowest BCUT2D eigenvalue weighted by molar-refractivity contribution is -0.130. The predicted octanol–water partition coefficient (Wildman–Crippen LogP) is 0.0416. The molecule has 0 spiro atoms. The molecule has 3 fully saturated rings. The van der Waals surface area contributed by atoms with Crippen LogP contribution in [0.3, 0.4) is 0 Å². The van der Waals surface area contributed by atoms with E-state index in [1.807, 2.05) is 4.90 Å². The number of hydrogen-bond donors (Lipinski definition) is 2. The van der Waals surface area contributed by atoms with Crippen molar-refractivity contribution in [1.29, 1.82) is 0 Å². The van der Waals surface area contributed by atoms with Crippen LogP contribution in [-0.2, 0) is 14.3 Å². The molecular weight excluding hydrogens is 294 g/mol. The van der Waals surface area contributed by atoms with Crippen LogP contribution in [0, 0.1) is 5.92 Å². The fourth-order valence-corrected chi connectivity index (χ4v) is 3.18. The fourth-order valence-electron chi connectivity index (χ4n) is 3.18. The molecule has 0 aromatic carbocycles. The maximum absolute atomic E-state index is 12.3. The van der Waals surface area contributed by atoms with Crippen LogP contribution in [-0.4, -0.2) is 54.1 Å². The van der Waals surface area contributed by atoms with Gasteiger partial charge in [0.1, 0.15) is 0 Å². The van der Waals surface area contributed by atoms with Gasteiger partial charge in [0.25, 0.3) is 0 Å². The number of carbonyl (C=O) groups excluding carboxylic acids is 2. The monoisotopic (exact) mass is 317 g/mol. The van der Waals surface area contributed by atoms with Crippen molar-refractivity contribution < 1.29 is 14.3 Å². The van der Waals surface area contributed by atoms with Gasteiger partial charge in [-0.15, -0.1) is 12.4 Å². The van der Waals surface area contributed by atoms with Crippen molar-refractivity contribution in [3.05, 3.63) is 0 Å². The summed E-state index contributed by atoms with van der Waals surface area (Å²) in [6, 6.07) is 0.297. The molecule has 3 aliphatic rings. The largest absolute Gasteiger partial charge is 0.381 e. The third-order valence-corrected chi connectivity index (χ3v) is 4.80. The minimum Gasteiger partial charge on any atom is -0.381 e. The standard InChI is InChI=1S/C14H23N3O3.ClH/c1-9-6-11(9)17-8-10(7-12(17)18)16-13(19)14(15)2-4-20-5-3-14;/h9-11H,2-8,15H2,1H3,(H,16,19);1H. The first-order chi connectivity index (χ1) is 9.49. The zero-order chi connectivity index (χ0) is 14.3. The zero-order valence-corrected chi connectivity index (χ0v) is 13.2. The van der Waals surface area contributed by atoms with Crippen molar-refractivity contribution >= 4 is 24.2 Å². The third kappa shape index (κ3) is 3.33. The van der Waals surface area contributed by atoms with Crippen molar-refractivity contribution in [1.82, 2.24) is 10.2 Å². The molecule has 3 unspecified atom stereocenters. The van der Waals surface area contributed by atoms with E-state index in [-0.39, 0.29) is 30.3 Å². The summed E-state index contributed by atoms with van der Waals surface area (Å²) >= 11 is 0. The summed E-state index contributed by atoms with van der Waals surface area (Å²) in [4.78, 5) is 26.2. The van der Waals surface area contributed by atoms with Gasteiger partial charge in [0, 0.05) is 32.2 Å². The normalized spacial score (nSPS) is 34.3. The van der Waals surface area contributed by atoms with Crippen molar-refractivity contribution in [2.24, 2.45) is 11.7 Å². The van der Waals surface area contributed by atoms with E-state index in [2.05, 4.69) is 12.2 Å². The smallest absolute Gasteiger partial charge is 0.240 e. The van der Waals surface area contributed by atoms with Crippen LogP contribution < -0.4 is 11.1 Å². The molecule has 21 heavy (non-hydrogen) atoms. The highest BCUT2D eigenvalue weighted by Gasteiger charge is 2.46. The second-order valence-corrected chi connectivity index (χ2v) is 6.47. The first-order valence-electron chi connectivity index (χ1n) is 7.47. The van der Waals surface area contributed by atoms with Gasteiger partial charge in [-0.1, -0.05) is 6.92 Å². The topological polar surface area (TPSA) is 84.7 Å². The number of ether oxygens (including phenoxy) is 1. The van der Waals surface area contributed by atoms with Gasteiger partial charge in [-0.25, -0.2) is 0 Å². The number of likely N-dealkylation sites (tertiary alicyclic amines) is 1. The highest BCUT2D eigenvalue weighted by Crippen LogP contribution is 2.37. The van der Waals surface area contributed by atoms with Crippen LogP contribution in [0.1, 0.15) is 32.6 Å². The number of hydrogen-bond acceptors (Lipinski definition) is 4. The van der Waals surface area contributed by atoms with Crippen molar-refractivity contribution in [3.63, 3.8) is 0 Å². The molecule has 2 heterocycles. The maximum Gasteiger partial charge on any atom is 0.240 e. The minimum absolute atomic E-state index is 0. The lowest BCUT2D eigenvalue weighted by Gasteiger charge is -2.32. The van der Waals surface area contributed by atoms with Crippen LogP contribution in [0.5, 0.6) is 0 Å². The van der Waals surface area contributed by atoms with Crippen molar-refractivity contribution in [3.8, 4) is 0 Å². The molecule has 2 amide bonds. The summed E-state index contributed by atoms with van der Waals surface area (Å²) in [6.45, 7) is 3.84. The van der Waals surface area contributed by atoms with E-state index in [1.165, 1.54) is 0 Å². The van der Waals surface area contributed by atoms with Gasteiger partial charge in [0.05, 0.1) is 11.6 Å². The van der Waals surface area contributed by atoms with Crippen LogP contribution in [0.15, 0.2) is 0 Å². The molecule has 7 heteroatoms. The van der Waals surface area contributed by atoms with Gasteiger partial charge >= 0.3 is 0 Å². The quantitative estimate of drug-likeness (QED) is 0.770. The molecule has 2 saturated heterocycles. The Kier molecular flexibility index (Phi) is 4.80. The van der Waals surface area contributed by atoms with E-state index in [0.29, 0.717) is 51.0 Å². The first kappa shape index (κ1) is 16.5. The van der Waals surface area contributed by atoms with Gasteiger partial charge in [-0.05, 0) is 25.2 Å². The molecular formula is C14H24ClN3O3. The summed E-state index contributed by atoms with van der Waals surface area (Å²) in [6.07, 6.45) is 2.58. The Morgan fingerprint density at radius 1 is 1.43 bits per heavy atom. The highest BCUT2D eigenvalue weighted by molar-refractivity contribution is 5.88. The number of amides is 2. The fraction of sp³-hybridized carbons (Fsp3) is 0.857. The van der Waals surface area contributed by atoms with Crippen molar-refractivity contribution in [2.75, 3.05) is 19.8 Å². The van der Waals surface area contributed by atoms with Gasteiger partial charge in [-0.2, -0.15) is 0 Å². The van der Waals surface area contributed by atoms with Crippen LogP contribution in [0.2, 0.25) is 0 Å². The maximum atomic E-state index is 12.3. The van der Waals surface area contributed by atoms with E-state index in [1.54, 1.807) is 0 Å². The van der Waals surface area contributed by atoms with Gasteiger partial charge in [0.2, 0.25) is 11.8 Å². The molecule has 0 radical (unpaired) electrons. The molecule has 1 aliphatic carbocycles. The van der Waals surface area contributed by atoms with E-state index in [9.17, 15) is 9.59 Å². The van der Waals surface area contributed by atoms with Crippen LogP contribution in [0.25, 0.3) is 0 Å². The summed E-state index contributed by atoms with van der Waals surface area (Å²) in [7, 11) is 0. The number of halogens is 1. The van der Waals surface area contributed by atoms with Crippen LogP contribution >= 0.6 is 12.4 Å². The summed E-state index contributed by atoms with van der Waals surface area (Å²) < 4.78 is 5.25. The Labute approximate surface area is 131 Å². The molecule has 3 atom stereocenters. The Hall–Kier alpha value is -0.850. The Balaban J connectivity index is 0.00000161. The lowest BCUT2D eigenvalue weighted by Crippen LogP contribution is -2.59. The van der Waals surface area contributed by atoms with E-state index in [4.69, 9.17) is 10.5 Å². The van der Waals surface area contributed by atoms with E-state index < -0.39 is 5.54 Å². The number of nitrogens with one attached hydrogen (secondary N) is 1. The molecule has 120 valence electrons. The summed E-state index contributed by atoms with van der Waals surface area (Å²) in [5, 5.41) is 2.96. The molecule has 3 N–H and O–H groups in total. The Bertz CT molecular complexity index is 426. The zero-order valence-electron chi connectivity index (χ0n) is 12.3. The third-order valence-electron chi connectivity index (χ3n) is 4.80. The molecule has 0 bridgehead atoms. The summed E-state index contributed by atoms with van der Waals surface area (Å²) in [5.41, 5.74) is 5.32. The van der Waals surface area contributed by atoms with Crippen molar-refractivity contribution in [2.45, 2.75) is 50.2 Å². The van der Waals surface area contributed by atoms with Gasteiger partial charge < -0.3 is 20.7 Å². The minimum atomic E-state index is -0.832. The molecule has 6 nitrogen and oxygen atoms in total. The first-order valence-corrected chi connectivity index (χ1v) is 7.47. The average Bonchev–Trinajstić information content (AvgIpc) is 3.01. The van der Waals surface area contributed by atoms with E-state index >= 15 is 0 Å². The molecule has 0 aromatic rings. The number of nitrogens with two attached hydrogens (primary N) is 1. The second kappa shape index (κ2) is 6.10. The Morgan fingerprint density at radius 3 is 2.62 bits per heavy atom. The Morgan fingerprint density at radius 2 is 2.05 bits per heavy atom. The number of rotatable bonds is 3. The number of nitrogens with zero attached hydrogens (tertiary/aromatic N) is 1. The lowest BCUT2D eigenvalue weighted by atomic mass is 9.90. The average molecular weight is 318 g/mol. The molecule has 2 aliphatic heterocycles. The van der Waals surface area contributed by atoms with Gasteiger partial charge in [-0.3, -0.25) is 9.59 Å². The molecule has 0 aromatic heterocycles. The number of carbonyl (C=O) groups is 2. The van der Waals surface area contributed by atoms with Crippen LogP contribution in [0.4, 0.5) is 0 Å².